The Labute approximate surface area is 162 Å². The Bertz CT molecular complexity index is 800. The molecule has 2 aromatic rings. The van der Waals surface area contributed by atoms with Crippen LogP contribution in [-0.4, -0.2) is 50.6 Å². The van der Waals surface area contributed by atoms with Gasteiger partial charge in [-0.25, -0.2) is 0 Å². The van der Waals surface area contributed by atoms with Crippen molar-refractivity contribution in [3.63, 3.8) is 0 Å². The maximum atomic E-state index is 13.0. The van der Waals surface area contributed by atoms with Crippen LogP contribution < -0.4 is 15.5 Å². The molecule has 3 rings (SSSR count). The molecular weight excluding hydrogens is 369 g/mol. The fourth-order valence-electron chi connectivity index (χ4n) is 3.07. The maximum absolute atomic E-state index is 13.0. The molecule has 8 heteroatoms. The van der Waals surface area contributed by atoms with Gasteiger partial charge in [-0.2, -0.15) is 13.2 Å². The summed E-state index contributed by atoms with van der Waals surface area (Å²) in [6, 6.07) is 12.6. The molecule has 0 unspecified atom stereocenters. The number of alkyl halides is 3. The van der Waals surface area contributed by atoms with E-state index in [1.807, 2.05) is 24.3 Å². The van der Waals surface area contributed by atoms with Crippen LogP contribution in [0, 0.1) is 0 Å². The summed E-state index contributed by atoms with van der Waals surface area (Å²) in [7, 11) is 2.10. The summed E-state index contributed by atoms with van der Waals surface area (Å²) in [5.74, 6) is -0.542. The van der Waals surface area contributed by atoms with E-state index in [1.54, 1.807) is 0 Å². The molecule has 2 aromatic carbocycles. The summed E-state index contributed by atoms with van der Waals surface area (Å²) in [6.45, 7) is 3.83. The van der Waals surface area contributed by atoms with Gasteiger partial charge in [0.1, 0.15) is 0 Å². The molecule has 0 bridgehead atoms. The summed E-state index contributed by atoms with van der Waals surface area (Å²) >= 11 is 0. The molecule has 1 aliphatic heterocycles. The third-order valence-corrected chi connectivity index (χ3v) is 4.70. The Morgan fingerprint density at radius 3 is 2.29 bits per heavy atom. The van der Waals surface area contributed by atoms with E-state index in [-0.39, 0.29) is 12.2 Å². The summed E-state index contributed by atoms with van der Waals surface area (Å²) in [4.78, 5) is 16.6. The van der Waals surface area contributed by atoms with E-state index in [1.165, 1.54) is 18.2 Å². The highest BCUT2D eigenvalue weighted by Crippen LogP contribution is 2.34. The van der Waals surface area contributed by atoms with Gasteiger partial charge in [-0.1, -0.05) is 12.1 Å². The molecule has 2 N–H and O–H groups in total. The molecule has 0 saturated carbocycles. The van der Waals surface area contributed by atoms with Crippen LogP contribution in [0.25, 0.3) is 0 Å². The van der Waals surface area contributed by atoms with Crippen molar-refractivity contribution in [1.82, 2.24) is 4.90 Å². The zero-order chi connectivity index (χ0) is 20.1. The minimum atomic E-state index is -4.52. The Morgan fingerprint density at radius 2 is 1.64 bits per heavy atom. The van der Waals surface area contributed by atoms with Crippen LogP contribution in [0.5, 0.6) is 0 Å². The minimum absolute atomic E-state index is 0.125. The van der Waals surface area contributed by atoms with Gasteiger partial charge in [0.05, 0.1) is 17.8 Å². The first-order valence-corrected chi connectivity index (χ1v) is 9.06. The molecule has 1 heterocycles. The molecular formula is C20H23F3N4O. The number of piperazine rings is 1. The lowest BCUT2D eigenvalue weighted by atomic mass is 10.1. The van der Waals surface area contributed by atoms with Crippen molar-refractivity contribution in [3.05, 3.63) is 54.1 Å². The van der Waals surface area contributed by atoms with Crippen LogP contribution >= 0.6 is 0 Å². The molecule has 1 fully saturated rings. The van der Waals surface area contributed by atoms with Crippen LogP contribution in [0.1, 0.15) is 5.56 Å². The number of hydrogen-bond acceptors (Lipinski definition) is 4. The average molecular weight is 392 g/mol. The predicted molar refractivity (Wildman–Crippen MR) is 105 cm³/mol. The van der Waals surface area contributed by atoms with Crippen molar-refractivity contribution in [3.8, 4) is 0 Å². The highest BCUT2D eigenvalue weighted by atomic mass is 19.4. The minimum Gasteiger partial charge on any atom is -0.376 e. The van der Waals surface area contributed by atoms with E-state index in [4.69, 9.17) is 0 Å². The molecule has 0 radical (unpaired) electrons. The molecule has 0 spiro atoms. The first-order chi connectivity index (χ1) is 13.3. The molecule has 5 nitrogen and oxygen atoms in total. The lowest BCUT2D eigenvalue weighted by molar-refractivity contribution is -0.137. The lowest BCUT2D eigenvalue weighted by Crippen LogP contribution is -2.44. The largest absolute Gasteiger partial charge is 0.418 e. The molecule has 28 heavy (non-hydrogen) atoms. The van der Waals surface area contributed by atoms with E-state index in [9.17, 15) is 18.0 Å². The molecule has 0 atom stereocenters. The van der Waals surface area contributed by atoms with Crippen LogP contribution in [0.2, 0.25) is 0 Å². The molecule has 0 aromatic heterocycles. The highest BCUT2D eigenvalue weighted by molar-refractivity contribution is 5.94. The van der Waals surface area contributed by atoms with Crippen LogP contribution in [0.15, 0.2) is 48.5 Å². The van der Waals surface area contributed by atoms with E-state index in [0.717, 1.165) is 43.6 Å². The van der Waals surface area contributed by atoms with Crippen LogP contribution in [0.3, 0.4) is 0 Å². The average Bonchev–Trinajstić information content (AvgIpc) is 2.67. The zero-order valence-corrected chi connectivity index (χ0v) is 15.6. The fourth-order valence-corrected chi connectivity index (χ4v) is 3.07. The second-order valence-corrected chi connectivity index (χ2v) is 6.78. The Morgan fingerprint density at radius 1 is 1.00 bits per heavy atom. The van der Waals surface area contributed by atoms with E-state index in [0.29, 0.717) is 0 Å². The second-order valence-electron chi connectivity index (χ2n) is 6.78. The van der Waals surface area contributed by atoms with Gasteiger partial charge >= 0.3 is 6.18 Å². The topological polar surface area (TPSA) is 47.6 Å². The van der Waals surface area contributed by atoms with Gasteiger partial charge < -0.3 is 20.4 Å². The first kappa shape index (κ1) is 20.0. The van der Waals surface area contributed by atoms with Gasteiger partial charge in [0.2, 0.25) is 5.91 Å². The van der Waals surface area contributed by atoms with Gasteiger partial charge in [0, 0.05) is 37.6 Å². The van der Waals surface area contributed by atoms with Gasteiger partial charge in [-0.15, -0.1) is 0 Å². The Hall–Kier alpha value is -2.74. The normalized spacial score (nSPS) is 15.4. The quantitative estimate of drug-likeness (QED) is 0.818. The van der Waals surface area contributed by atoms with Crippen molar-refractivity contribution >= 4 is 23.0 Å². The monoisotopic (exact) mass is 392 g/mol. The molecule has 1 saturated heterocycles. The smallest absolute Gasteiger partial charge is 0.376 e. The summed E-state index contributed by atoms with van der Waals surface area (Å²) in [6.07, 6.45) is -4.52. The number of hydrogen-bond donors (Lipinski definition) is 2. The van der Waals surface area contributed by atoms with E-state index >= 15 is 0 Å². The number of rotatable bonds is 5. The molecule has 1 amide bonds. The Kier molecular flexibility index (Phi) is 6.08. The highest BCUT2D eigenvalue weighted by Gasteiger charge is 2.33. The van der Waals surface area contributed by atoms with Crippen molar-refractivity contribution in [2.45, 2.75) is 6.18 Å². The second kappa shape index (κ2) is 8.52. The standard InChI is InChI=1S/C20H23F3N4O/c1-26-10-12-27(13-11-26)16-8-6-15(7-9-16)24-14-19(28)25-18-5-3-2-4-17(18)20(21,22)23/h2-9,24H,10-14H2,1H3,(H,25,28). The zero-order valence-electron chi connectivity index (χ0n) is 15.6. The SMILES string of the molecule is CN1CCN(c2ccc(NCC(=O)Nc3ccccc3C(F)(F)F)cc2)CC1. The fraction of sp³-hybridized carbons (Fsp3) is 0.350. The van der Waals surface area contributed by atoms with Gasteiger partial charge in [-0.3, -0.25) is 4.79 Å². The van der Waals surface area contributed by atoms with Gasteiger partial charge in [0.15, 0.2) is 0 Å². The van der Waals surface area contributed by atoms with Crippen molar-refractivity contribution < 1.29 is 18.0 Å². The molecule has 1 aliphatic rings. The number of halogens is 3. The van der Waals surface area contributed by atoms with E-state index < -0.39 is 17.6 Å². The van der Waals surface area contributed by atoms with Gasteiger partial charge in [0.25, 0.3) is 0 Å². The molecule has 150 valence electrons. The van der Waals surface area contributed by atoms with Gasteiger partial charge in [-0.05, 0) is 43.4 Å². The third kappa shape index (κ3) is 5.16. The number of benzene rings is 2. The number of carbonyl (C=O) groups is 1. The van der Waals surface area contributed by atoms with Crippen LogP contribution in [-0.2, 0) is 11.0 Å². The number of anilines is 3. The Balaban J connectivity index is 1.54. The van der Waals surface area contributed by atoms with Crippen LogP contribution in [0.4, 0.5) is 30.2 Å². The summed E-state index contributed by atoms with van der Waals surface area (Å²) in [5, 5.41) is 5.26. The lowest BCUT2D eigenvalue weighted by Gasteiger charge is -2.34. The number of nitrogens with one attached hydrogen (secondary N) is 2. The number of para-hydroxylation sites is 1. The predicted octanol–water partition coefficient (Wildman–Crippen LogP) is 3.51. The third-order valence-electron chi connectivity index (χ3n) is 4.70. The molecule has 0 aliphatic carbocycles. The maximum Gasteiger partial charge on any atom is 0.418 e. The van der Waals surface area contributed by atoms with Crippen molar-refractivity contribution in [2.24, 2.45) is 0 Å². The number of amides is 1. The summed E-state index contributed by atoms with van der Waals surface area (Å²) < 4.78 is 39.0. The number of nitrogens with zero attached hydrogens (tertiary/aromatic N) is 2. The van der Waals surface area contributed by atoms with E-state index in [2.05, 4.69) is 27.5 Å². The van der Waals surface area contributed by atoms with Crippen molar-refractivity contribution in [2.75, 3.05) is 55.3 Å². The van der Waals surface area contributed by atoms with Crippen molar-refractivity contribution in [1.29, 1.82) is 0 Å². The number of carbonyl (C=O) groups excluding carboxylic acids is 1. The first-order valence-electron chi connectivity index (χ1n) is 9.06. The summed E-state index contributed by atoms with van der Waals surface area (Å²) in [5.41, 5.74) is 0.742. The number of likely N-dealkylation sites (N-methyl/N-ethyl adjacent to an activating group) is 1.